The zero-order chi connectivity index (χ0) is 12.0. The predicted octanol–water partition coefficient (Wildman–Crippen LogP) is 2.59. The van der Waals surface area contributed by atoms with E-state index in [1.165, 1.54) is 11.1 Å². The van der Waals surface area contributed by atoms with Gasteiger partial charge in [-0.1, -0.05) is 38.1 Å². The van der Waals surface area contributed by atoms with E-state index in [2.05, 4.69) is 50.1 Å². The summed E-state index contributed by atoms with van der Waals surface area (Å²) in [5, 5.41) is 0. The molecule has 16 heavy (non-hydrogen) atoms. The van der Waals surface area contributed by atoms with Gasteiger partial charge < -0.3 is 10.6 Å². The number of hydrogen-bond donors (Lipinski definition) is 1. The van der Waals surface area contributed by atoms with Crippen LogP contribution in [0.25, 0.3) is 0 Å². The Morgan fingerprint density at radius 1 is 1.19 bits per heavy atom. The zero-order valence-corrected chi connectivity index (χ0v) is 10.7. The van der Waals surface area contributed by atoms with Crippen molar-refractivity contribution >= 4 is 0 Å². The Hall–Kier alpha value is -0.860. The fourth-order valence-corrected chi connectivity index (χ4v) is 1.76. The number of benzene rings is 1. The number of nitrogens with zero attached hydrogens (tertiary/aromatic N) is 1. The molecular formula is C14H24N2. The molecule has 0 unspecified atom stereocenters. The second kappa shape index (κ2) is 6.66. The Kier molecular flexibility index (Phi) is 5.50. The van der Waals surface area contributed by atoms with Gasteiger partial charge in [-0.15, -0.1) is 0 Å². The molecule has 0 saturated heterocycles. The van der Waals surface area contributed by atoms with Crippen molar-refractivity contribution in [2.45, 2.75) is 32.7 Å². The van der Waals surface area contributed by atoms with Crippen LogP contribution in [-0.4, -0.2) is 25.0 Å². The van der Waals surface area contributed by atoms with E-state index in [0.29, 0.717) is 5.92 Å². The van der Waals surface area contributed by atoms with Crippen molar-refractivity contribution in [2.75, 3.05) is 20.1 Å². The van der Waals surface area contributed by atoms with Gasteiger partial charge in [0.1, 0.15) is 0 Å². The first-order chi connectivity index (χ1) is 7.63. The molecule has 0 aliphatic heterocycles. The fourth-order valence-electron chi connectivity index (χ4n) is 1.76. The first-order valence-corrected chi connectivity index (χ1v) is 6.11. The van der Waals surface area contributed by atoms with E-state index in [9.17, 15) is 0 Å². The maximum absolute atomic E-state index is 5.50. The molecule has 0 saturated carbocycles. The molecule has 1 rings (SSSR count). The van der Waals surface area contributed by atoms with Crippen LogP contribution in [0.4, 0.5) is 0 Å². The van der Waals surface area contributed by atoms with E-state index in [4.69, 9.17) is 5.73 Å². The van der Waals surface area contributed by atoms with Gasteiger partial charge in [0.05, 0.1) is 0 Å². The highest BCUT2D eigenvalue weighted by atomic mass is 15.1. The summed E-state index contributed by atoms with van der Waals surface area (Å²) in [5.74, 6) is 0.615. The third-order valence-corrected chi connectivity index (χ3v) is 2.84. The molecule has 0 amide bonds. The molecule has 2 nitrogen and oxygen atoms in total. The first kappa shape index (κ1) is 13.2. The SMILES string of the molecule is CC(C)c1ccc(CN(C)CCCN)cc1. The average molecular weight is 220 g/mol. The van der Waals surface area contributed by atoms with Gasteiger partial charge in [-0.25, -0.2) is 0 Å². The lowest BCUT2D eigenvalue weighted by molar-refractivity contribution is 0.324. The third kappa shape index (κ3) is 4.33. The third-order valence-electron chi connectivity index (χ3n) is 2.84. The highest BCUT2D eigenvalue weighted by molar-refractivity contribution is 5.24. The summed E-state index contributed by atoms with van der Waals surface area (Å²) in [5.41, 5.74) is 8.29. The molecule has 0 spiro atoms. The van der Waals surface area contributed by atoms with Crippen LogP contribution in [0.3, 0.4) is 0 Å². The fraction of sp³-hybridized carbons (Fsp3) is 0.571. The summed E-state index contributed by atoms with van der Waals surface area (Å²) in [7, 11) is 2.14. The number of nitrogens with two attached hydrogens (primary N) is 1. The van der Waals surface area contributed by atoms with Crippen molar-refractivity contribution in [3.05, 3.63) is 35.4 Å². The summed E-state index contributed by atoms with van der Waals surface area (Å²) < 4.78 is 0. The van der Waals surface area contributed by atoms with Crippen LogP contribution in [0, 0.1) is 0 Å². The lowest BCUT2D eigenvalue weighted by atomic mass is 10.0. The van der Waals surface area contributed by atoms with Crippen LogP contribution in [-0.2, 0) is 6.54 Å². The molecule has 90 valence electrons. The summed E-state index contributed by atoms with van der Waals surface area (Å²) in [6.45, 7) is 7.31. The standard InChI is InChI=1S/C14H24N2/c1-12(2)14-7-5-13(6-8-14)11-16(3)10-4-9-15/h5-8,12H,4,9-11,15H2,1-3H3. The molecule has 2 heteroatoms. The molecule has 0 atom stereocenters. The van der Waals surface area contributed by atoms with E-state index in [0.717, 1.165) is 26.1 Å². The second-order valence-corrected chi connectivity index (χ2v) is 4.78. The van der Waals surface area contributed by atoms with Crippen molar-refractivity contribution in [3.63, 3.8) is 0 Å². The summed E-state index contributed by atoms with van der Waals surface area (Å²) in [6.07, 6.45) is 1.07. The van der Waals surface area contributed by atoms with Crippen LogP contribution in [0.15, 0.2) is 24.3 Å². The van der Waals surface area contributed by atoms with Crippen molar-refractivity contribution in [3.8, 4) is 0 Å². The summed E-state index contributed by atoms with van der Waals surface area (Å²) >= 11 is 0. The van der Waals surface area contributed by atoms with Crippen LogP contribution in [0.2, 0.25) is 0 Å². The molecule has 2 N–H and O–H groups in total. The Balaban J connectivity index is 2.48. The van der Waals surface area contributed by atoms with Gasteiger partial charge in [-0.05, 0) is 43.6 Å². The van der Waals surface area contributed by atoms with Crippen molar-refractivity contribution in [1.29, 1.82) is 0 Å². The monoisotopic (exact) mass is 220 g/mol. The molecule has 0 heterocycles. The van der Waals surface area contributed by atoms with Gasteiger partial charge in [0, 0.05) is 6.54 Å². The lowest BCUT2D eigenvalue weighted by Gasteiger charge is -2.16. The molecule has 0 aliphatic carbocycles. The average Bonchev–Trinajstić information content (AvgIpc) is 2.27. The highest BCUT2D eigenvalue weighted by Crippen LogP contribution is 2.15. The van der Waals surface area contributed by atoms with Crippen molar-refractivity contribution in [2.24, 2.45) is 5.73 Å². The Bertz CT molecular complexity index is 290. The molecule has 0 aromatic heterocycles. The Labute approximate surface area is 99.5 Å². The van der Waals surface area contributed by atoms with Gasteiger partial charge in [0.25, 0.3) is 0 Å². The minimum atomic E-state index is 0.615. The first-order valence-electron chi connectivity index (χ1n) is 6.11. The lowest BCUT2D eigenvalue weighted by Crippen LogP contribution is -2.21. The normalized spacial score (nSPS) is 11.4. The molecule has 0 bridgehead atoms. The quantitative estimate of drug-likeness (QED) is 0.798. The molecule has 1 aromatic rings. The summed E-state index contributed by atoms with van der Waals surface area (Å²) in [6, 6.07) is 8.93. The molecule has 0 fully saturated rings. The maximum atomic E-state index is 5.50. The largest absolute Gasteiger partial charge is 0.330 e. The van der Waals surface area contributed by atoms with Crippen molar-refractivity contribution in [1.82, 2.24) is 4.90 Å². The molecule has 1 aromatic carbocycles. The maximum Gasteiger partial charge on any atom is 0.0230 e. The van der Waals surface area contributed by atoms with Crippen LogP contribution >= 0.6 is 0 Å². The van der Waals surface area contributed by atoms with E-state index >= 15 is 0 Å². The van der Waals surface area contributed by atoms with E-state index < -0.39 is 0 Å². The predicted molar refractivity (Wildman–Crippen MR) is 70.5 cm³/mol. The zero-order valence-electron chi connectivity index (χ0n) is 10.7. The molecule has 0 aliphatic rings. The van der Waals surface area contributed by atoms with E-state index in [-0.39, 0.29) is 0 Å². The van der Waals surface area contributed by atoms with Gasteiger partial charge >= 0.3 is 0 Å². The Morgan fingerprint density at radius 3 is 2.31 bits per heavy atom. The van der Waals surface area contributed by atoms with Crippen LogP contribution < -0.4 is 5.73 Å². The minimum Gasteiger partial charge on any atom is -0.330 e. The molecule has 0 radical (unpaired) electrons. The Morgan fingerprint density at radius 2 is 1.81 bits per heavy atom. The highest BCUT2D eigenvalue weighted by Gasteiger charge is 2.01. The van der Waals surface area contributed by atoms with E-state index in [1.54, 1.807) is 0 Å². The van der Waals surface area contributed by atoms with Gasteiger partial charge in [0.15, 0.2) is 0 Å². The van der Waals surface area contributed by atoms with Gasteiger partial charge in [-0.3, -0.25) is 0 Å². The minimum absolute atomic E-state index is 0.615. The van der Waals surface area contributed by atoms with Crippen LogP contribution in [0.5, 0.6) is 0 Å². The van der Waals surface area contributed by atoms with E-state index in [1.807, 2.05) is 0 Å². The van der Waals surface area contributed by atoms with Crippen LogP contribution in [0.1, 0.15) is 37.3 Å². The topological polar surface area (TPSA) is 29.3 Å². The number of rotatable bonds is 6. The second-order valence-electron chi connectivity index (χ2n) is 4.78. The number of hydrogen-bond acceptors (Lipinski definition) is 2. The summed E-state index contributed by atoms with van der Waals surface area (Å²) in [4.78, 5) is 2.32. The smallest absolute Gasteiger partial charge is 0.0230 e. The van der Waals surface area contributed by atoms with Crippen molar-refractivity contribution < 1.29 is 0 Å². The van der Waals surface area contributed by atoms with Gasteiger partial charge in [-0.2, -0.15) is 0 Å². The van der Waals surface area contributed by atoms with Gasteiger partial charge in [0.2, 0.25) is 0 Å². The molecular weight excluding hydrogens is 196 g/mol.